The number of hydrogen-bond acceptors (Lipinski definition) is 6. The smallest absolute Gasteiger partial charge is 0.292 e. The van der Waals surface area contributed by atoms with E-state index < -0.39 is 0 Å². The lowest BCUT2D eigenvalue weighted by molar-refractivity contribution is 0.0374. The normalized spacial score (nSPS) is 16.9. The summed E-state index contributed by atoms with van der Waals surface area (Å²) in [5, 5.41) is 15.5. The van der Waals surface area contributed by atoms with Crippen LogP contribution in [0.15, 0.2) is 0 Å². The van der Waals surface area contributed by atoms with Gasteiger partial charge in [-0.1, -0.05) is 0 Å². The molecule has 0 aliphatic carbocycles. The van der Waals surface area contributed by atoms with Gasteiger partial charge in [0.1, 0.15) is 0 Å². The predicted octanol–water partition coefficient (Wildman–Crippen LogP) is -1.35. The topological polar surface area (TPSA) is 96.0 Å². The second kappa shape index (κ2) is 6.26. The van der Waals surface area contributed by atoms with Crippen molar-refractivity contribution in [3.8, 4) is 0 Å². The molecular formula is C9H16N6O2. The largest absolute Gasteiger partial charge is 0.379 e. The molecule has 0 aromatic carbocycles. The summed E-state index contributed by atoms with van der Waals surface area (Å²) in [5.41, 5.74) is 0. The molecular weight excluding hydrogens is 224 g/mol. The quantitative estimate of drug-likeness (QED) is 0.618. The van der Waals surface area contributed by atoms with Gasteiger partial charge in [0, 0.05) is 19.6 Å². The molecule has 17 heavy (non-hydrogen) atoms. The molecule has 1 fully saturated rings. The number of carbonyl (C=O) groups excluding carboxylic acids is 1. The SMILES string of the molecule is O=C(NCCCN1CCOCC1)c1nn[nH]n1. The number of amides is 1. The summed E-state index contributed by atoms with van der Waals surface area (Å²) in [4.78, 5) is 13.8. The molecule has 8 nitrogen and oxygen atoms in total. The van der Waals surface area contributed by atoms with Gasteiger partial charge in [0.25, 0.3) is 11.7 Å². The molecule has 1 aromatic heterocycles. The van der Waals surface area contributed by atoms with Crippen LogP contribution in [0.25, 0.3) is 0 Å². The fourth-order valence-electron chi connectivity index (χ4n) is 1.67. The van der Waals surface area contributed by atoms with E-state index in [9.17, 15) is 4.79 Å². The fraction of sp³-hybridized carbons (Fsp3) is 0.778. The van der Waals surface area contributed by atoms with E-state index in [1.54, 1.807) is 0 Å². The number of morpholine rings is 1. The van der Waals surface area contributed by atoms with Crippen LogP contribution < -0.4 is 5.32 Å². The number of nitrogens with zero attached hydrogens (tertiary/aromatic N) is 4. The van der Waals surface area contributed by atoms with E-state index in [4.69, 9.17) is 4.74 Å². The number of carbonyl (C=O) groups is 1. The van der Waals surface area contributed by atoms with Gasteiger partial charge in [-0.05, 0) is 18.2 Å². The van der Waals surface area contributed by atoms with E-state index in [0.29, 0.717) is 6.54 Å². The third-order valence-corrected chi connectivity index (χ3v) is 2.59. The van der Waals surface area contributed by atoms with Crippen molar-refractivity contribution in [1.82, 2.24) is 30.8 Å². The van der Waals surface area contributed by atoms with Crippen LogP contribution in [0, 0.1) is 0 Å². The molecule has 0 bridgehead atoms. The average Bonchev–Trinajstić information content (AvgIpc) is 2.89. The third kappa shape index (κ3) is 3.75. The van der Waals surface area contributed by atoms with Crippen LogP contribution in [0.1, 0.15) is 17.0 Å². The van der Waals surface area contributed by atoms with Crippen molar-refractivity contribution in [2.45, 2.75) is 6.42 Å². The fourth-order valence-corrected chi connectivity index (χ4v) is 1.67. The third-order valence-electron chi connectivity index (χ3n) is 2.59. The van der Waals surface area contributed by atoms with Gasteiger partial charge in [0.2, 0.25) is 0 Å². The number of aromatic nitrogens is 4. The molecule has 1 saturated heterocycles. The lowest BCUT2D eigenvalue weighted by atomic mass is 10.3. The Labute approximate surface area is 98.7 Å². The van der Waals surface area contributed by atoms with E-state index in [1.165, 1.54) is 0 Å². The first-order chi connectivity index (χ1) is 8.36. The van der Waals surface area contributed by atoms with Crippen LogP contribution in [-0.4, -0.2) is 70.8 Å². The van der Waals surface area contributed by atoms with Gasteiger partial charge >= 0.3 is 0 Å². The minimum absolute atomic E-state index is 0.0800. The van der Waals surface area contributed by atoms with Crippen molar-refractivity contribution >= 4 is 5.91 Å². The maximum Gasteiger partial charge on any atom is 0.292 e. The van der Waals surface area contributed by atoms with Crippen molar-refractivity contribution in [3.63, 3.8) is 0 Å². The van der Waals surface area contributed by atoms with E-state index in [1.807, 2.05) is 0 Å². The molecule has 1 aromatic rings. The first kappa shape index (κ1) is 11.9. The number of H-pyrrole nitrogens is 1. The number of ether oxygens (including phenoxy) is 1. The van der Waals surface area contributed by atoms with E-state index in [0.717, 1.165) is 39.3 Å². The molecule has 2 N–H and O–H groups in total. The minimum atomic E-state index is -0.291. The van der Waals surface area contributed by atoms with Crippen LogP contribution in [0.3, 0.4) is 0 Å². The van der Waals surface area contributed by atoms with Crippen LogP contribution in [-0.2, 0) is 4.74 Å². The highest BCUT2D eigenvalue weighted by Gasteiger charge is 2.11. The molecule has 2 rings (SSSR count). The zero-order valence-corrected chi connectivity index (χ0v) is 9.56. The number of nitrogens with one attached hydrogen (secondary N) is 2. The van der Waals surface area contributed by atoms with Gasteiger partial charge in [0.15, 0.2) is 0 Å². The maximum absolute atomic E-state index is 11.4. The Morgan fingerprint density at radius 1 is 1.47 bits per heavy atom. The Morgan fingerprint density at radius 2 is 2.29 bits per heavy atom. The maximum atomic E-state index is 11.4. The highest BCUT2D eigenvalue weighted by Crippen LogP contribution is 1.97. The molecule has 2 heterocycles. The molecule has 1 amide bonds. The molecule has 8 heteroatoms. The van der Waals surface area contributed by atoms with Crippen molar-refractivity contribution < 1.29 is 9.53 Å². The van der Waals surface area contributed by atoms with Gasteiger partial charge in [-0.3, -0.25) is 9.69 Å². The summed E-state index contributed by atoms with van der Waals surface area (Å²) in [7, 11) is 0. The second-order valence-corrected chi connectivity index (χ2v) is 3.80. The minimum Gasteiger partial charge on any atom is -0.379 e. The first-order valence-electron chi connectivity index (χ1n) is 5.68. The Kier molecular flexibility index (Phi) is 4.39. The van der Waals surface area contributed by atoms with Crippen LogP contribution in [0.4, 0.5) is 0 Å². The van der Waals surface area contributed by atoms with Crippen molar-refractivity contribution in [2.24, 2.45) is 0 Å². The van der Waals surface area contributed by atoms with Gasteiger partial charge in [-0.15, -0.1) is 10.2 Å². The zero-order valence-electron chi connectivity index (χ0n) is 9.56. The van der Waals surface area contributed by atoms with Crippen LogP contribution >= 0.6 is 0 Å². The van der Waals surface area contributed by atoms with E-state index in [2.05, 4.69) is 30.8 Å². The summed E-state index contributed by atoms with van der Waals surface area (Å²) in [6.07, 6.45) is 0.906. The number of tetrazole rings is 1. The van der Waals surface area contributed by atoms with Crippen molar-refractivity contribution in [2.75, 3.05) is 39.4 Å². The highest BCUT2D eigenvalue weighted by molar-refractivity contribution is 5.89. The summed E-state index contributed by atoms with van der Waals surface area (Å²) in [6, 6.07) is 0. The Balaban J connectivity index is 1.58. The molecule has 1 aliphatic heterocycles. The number of aromatic amines is 1. The molecule has 0 atom stereocenters. The Hall–Kier alpha value is -1.54. The summed E-state index contributed by atoms with van der Waals surface area (Å²) < 4.78 is 5.25. The Morgan fingerprint density at radius 3 is 3.00 bits per heavy atom. The number of hydrogen-bond donors (Lipinski definition) is 2. The molecule has 0 spiro atoms. The average molecular weight is 240 g/mol. The first-order valence-corrected chi connectivity index (χ1v) is 5.68. The highest BCUT2D eigenvalue weighted by atomic mass is 16.5. The van der Waals surface area contributed by atoms with E-state index in [-0.39, 0.29) is 11.7 Å². The lowest BCUT2D eigenvalue weighted by Gasteiger charge is -2.26. The van der Waals surface area contributed by atoms with Crippen molar-refractivity contribution in [3.05, 3.63) is 5.82 Å². The van der Waals surface area contributed by atoms with Crippen LogP contribution in [0.5, 0.6) is 0 Å². The summed E-state index contributed by atoms with van der Waals surface area (Å²) in [6.45, 7) is 5.13. The zero-order chi connectivity index (χ0) is 11.9. The molecule has 0 saturated carbocycles. The molecule has 1 aliphatic rings. The Bertz CT molecular complexity index is 335. The van der Waals surface area contributed by atoms with Gasteiger partial charge in [-0.25, -0.2) is 0 Å². The molecule has 0 radical (unpaired) electrons. The molecule has 0 unspecified atom stereocenters. The predicted molar refractivity (Wildman–Crippen MR) is 58.4 cm³/mol. The second-order valence-electron chi connectivity index (χ2n) is 3.80. The van der Waals surface area contributed by atoms with Gasteiger partial charge in [0.05, 0.1) is 13.2 Å². The summed E-state index contributed by atoms with van der Waals surface area (Å²) in [5.74, 6) is -0.211. The summed E-state index contributed by atoms with van der Waals surface area (Å²) >= 11 is 0. The van der Waals surface area contributed by atoms with E-state index >= 15 is 0 Å². The lowest BCUT2D eigenvalue weighted by Crippen LogP contribution is -2.38. The monoisotopic (exact) mass is 240 g/mol. The number of rotatable bonds is 5. The standard InChI is InChI=1S/C9H16N6O2/c16-9(8-11-13-14-12-8)10-2-1-3-15-4-6-17-7-5-15/h1-7H2,(H,10,16)(H,11,12,13,14). The van der Waals surface area contributed by atoms with Crippen LogP contribution in [0.2, 0.25) is 0 Å². The van der Waals surface area contributed by atoms with Crippen molar-refractivity contribution in [1.29, 1.82) is 0 Å². The van der Waals surface area contributed by atoms with Gasteiger partial charge < -0.3 is 10.1 Å². The van der Waals surface area contributed by atoms with Gasteiger partial charge in [-0.2, -0.15) is 5.21 Å². The molecule has 94 valence electrons.